The van der Waals surface area contributed by atoms with Gasteiger partial charge in [-0.05, 0) is 35.4 Å². The van der Waals surface area contributed by atoms with Crippen molar-refractivity contribution in [3.63, 3.8) is 0 Å². The largest absolute Gasteiger partial charge is 0.351 e. The molecule has 1 amide bonds. The molecular formula is C21H22N2O3S. The summed E-state index contributed by atoms with van der Waals surface area (Å²) >= 11 is 0. The van der Waals surface area contributed by atoms with Crippen molar-refractivity contribution in [2.24, 2.45) is 0 Å². The molecule has 140 valence electrons. The number of carbonyl (C=O) groups is 1. The van der Waals surface area contributed by atoms with E-state index in [1.807, 2.05) is 55.5 Å². The Balaban J connectivity index is 1.66. The molecule has 0 atom stereocenters. The summed E-state index contributed by atoms with van der Waals surface area (Å²) in [5.41, 5.74) is 2.11. The van der Waals surface area contributed by atoms with E-state index in [2.05, 4.69) is 5.32 Å². The quantitative estimate of drug-likeness (QED) is 0.712. The van der Waals surface area contributed by atoms with E-state index in [9.17, 15) is 13.2 Å². The molecule has 3 rings (SSSR count). The zero-order valence-corrected chi connectivity index (χ0v) is 16.2. The number of hydrogen-bond donors (Lipinski definition) is 1. The van der Waals surface area contributed by atoms with Gasteiger partial charge in [-0.1, -0.05) is 60.2 Å². The molecule has 0 unspecified atom stereocenters. The molecule has 3 aromatic carbocycles. The maximum atomic E-state index is 12.8. The minimum Gasteiger partial charge on any atom is -0.351 e. The molecule has 0 spiro atoms. The van der Waals surface area contributed by atoms with Crippen molar-refractivity contribution in [3.8, 4) is 0 Å². The zero-order valence-electron chi connectivity index (χ0n) is 15.3. The van der Waals surface area contributed by atoms with Gasteiger partial charge in [0.2, 0.25) is 15.9 Å². The molecule has 1 N–H and O–H groups in total. The number of nitrogens with zero attached hydrogens (tertiary/aromatic N) is 1. The Morgan fingerprint density at radius 1 is 0.963 bits per heavy atom. The third-order valence-corrected chi connectivity index (χ3v) is 6.21. The first-order chi connectivity index (χ1) is 12.9. The summed E-state index contributed by atoms with van der Waals surface area (Å²) in [5.74, 6) is -0.345. The number of aryl methyl sites for hydroxylation is 1. The number of rotatable bonds is 6. The van der Waals surface area contributed by atoms with Gasteiger partial charge in [0.15, 0.2) is 0 Å². The second-order valence-electron chi connectivity index (χ2n) is 6.53. The third-order valence-electron chi connectivity index (χ3n) is 4.41. The molecule has 0 bridgehead atoms. The molecule has 0 saturated carbocycles. The lowest BCUT2D eigenvalue weighted by atomic mass is 10.1. The average molecular weight is 382 g/mol. The number of likely N-dealkylation sites (N-methyl/N-ethyl adjacent to an activating group) is 1. The Morgan fingerprint density at radius 2 is 1.63 bits per heavy atom. The van der Waals surface area contributed by atoms with E-state index in [1.54, 1.807) is 18.2 Å². The highest BCUT2D eigenvalue weighted by Gasteiger charge is 2.23. The molecule has 0 fully saturated rings. The predicted octanol–water partition coefficient (Wildman–Crippen LogP) is 3.09. The van der Waals surface area contributed by atoms with E-state index < -0.39 is 10.0 Å². The first-order valence-corrected chi connectivity index (χ1v) is 10.1. The van der Waals surface area contributed by atoms with Gasteiger partial charge >= 0.3 is 0 Å². The van der Waals surface area contributed by atoms with Crippen LogP contribution in [0.25, 0.3) is 10.8 Å². The normalized spacial score (nSPS) is 11.7. The Bertz CT molecular complexity index is 1060. The van der Waals surface area contributed by atoms with Crippen LogP contribution in [-0.4, -0.2) is 32.2 Å². The molecule has 0 aliphatic rings. The zero-order chi connectivity index (χ0) is 19.4. The molecule has 0 aromatic heterocycles. The van der Waals surface area contributed by atoms with Gasteiger partial charge in [-0.2, -0.15) is 4.31 Å². The van der Waals surface area contributed by atoms with Crippen LogP contribution in [0.3, 0.4) is 0 Å². The molecule has 6 heteroatoms. The number of hydrogen-bond acceptors (Lipinski definition) is 3. The molecule has 27 heavy (non-hydrogen) atoms. The van der Waals surface area contributed by atoms with E-state index in [4.69, 9.17) is 0 Å². The number of amides is 1. The van der Waals surface area contributed by atoms with E-state index >= 15 is 0 Å². The van der Waals surface area contributed by atoms with Crippen LogP contribution in [0.4, 0.5) is 0 Å². The fourth-order valence-electron chi connectivity index (χ4n) is 2.76. The van der Waals surface area contributed by atoms with Gasteiger partial charge in [-0.15, -0.1) is 0 Å². The van der Waals surface area contributed by atoms with Gasteiger partial charge in [0.05, 0.1) is 11.4 Å². The van der Waals surface area contributed by atoms with Crippen molar-refractivity contribution in [3.05, 3.63) is 77.9 Å². The minimum absolute atomic E-state index is 0.176. The number of carbonyl (C=O) groups excluding carboxylic acids is 1. The van der Waals surface area contributed by atoms with Gasteiger partial charge in [0.1, 0.15) is 0 Å². The van der Waals surface area contributed by atoms with Crippen LogP contribution in [0.1, 0.15) is 11.1 Å². The number of benzene rings is 3. The number of fused-ring (bicyclic) bond motifs is 1. The fourth-order valence-corrected chi connectivity index (χ4v) is 3.92. The van der Waals surface area contributed by atoms with Crippen molar-refractivity contribution in [2.45, 2.75) is 18.4 Å². The first-order valence-electron chi connectivity index (χ1n) is 8.64. The Morgan fingerprint density at radius 3 is 2.33 bits per heavy atom. The molecule has 3 aromatic rings. The molecule has 0 radical (unpaired) electrons. The van der Waals surface area contributed by atoms with E-state index in [1.165, 1.54) is 7.05 Å². The van der Waals surface area contributed by atoms with Crippen molar-refractivity contribution >= 4 is 26.7 Å². The van der Waals surface area contributed by atoms with Crippen LogP contribution in [0.5, 0.6) is 0 Å². The third kappa shape index (κ3) is 4.53. The highest BCUT2D eigenvalue weighted by Crippen LogP contribution is 2.21. The smallest absolute Gasteiger partial charge is 0.243 e. The molecule has 0 saturated heterocycles. The minimum atomic E-state index is -3.74. The standard InChI is InChI=1S/C21H22N2O3S/c1-16-7-9-17(10-8-16)14-22-21(24)15-23(2)27(25,26)20-12-11-18-5-3-4-6-19(18)13-20/h3-13H,14-15H2,1-2H3,(H,22,24). The monoisotopic (exact) mass is 382 g/mol. The van der Waals surface area contributed by atoms with Crippen LogP contribution in [0.15, 0.2) is 71.6 Å². The van der Waals surface area contributed by atoms with Crippen molar-refractivity contribution in [2.75, 3.05) is 13.6 Å². The molecule has 0 aliphatic heterocycles. The predicted molar refractivity (Wildman–Crippen MR) is 107 cm³/mol. The molecular weight excluding hydrogens is 360 g/mol. The summed E-state index contributed by atoms with van der Waals surface area (Å²) in [6.07, 6.45) is 0. The lowest BCUT2D eigenvalue weighted by Gasteiger charge is -2.17. The van der Waals surface area contributed by atoms with Crippen molar-refractivity contribution < 1.29 is 13.2 Å². The Hall–Kier alpha value is -2.70. The maximum Gasteiger partial charge on any atom is 0.243 e. The van der Waals surface area contributed by atoms with Crippen molar-refractivity contribution in [1.82, 2.24) is 9.62 Å². The van der Waals surface area contributed by atoms with Crippen LogP contribution >= 0.6 is 0 Å². The number of nitrogens with one attached hydrogen (secondary N) is 1. The summed E-state index contributed by atoms with van der Waals surface area (Å²) in [6, 6.07) is 20.3. The van der Waals surface area contributed by atoms with Gasteiger partial charge in [-0.25, -0.2) is 8.42 Å². The number of sulfonamides is 1. The Labute approximate surface area is 159 Å². The molecule has 5 nitrogen and oxygen atoms in total. The average Bonchev–Trinajstić information content (AvgIpc) is 2.67. The van der Waals surface area contributed by atoms with Crippen LogP contribution < -0.4 is 5.32 Å². The van der Waals surface area contributed by atoms with Gasteiger partial charge in [0.25, 0.3) is 0 Å². The van der Waals surface area contributed by atoms with E-state index in [-0.39, 0.29) is 17.3 Å². The van der Waals surface area contributed by atoms with Gasteiger partial charge in [0, 0.05) is 13.6 Å². The second-order valence-corrected chi connectivity index (χ2v) is 8.58. The summed E-state index contributed by atoms with van der Waals surface area (Å²) in [5, 5.41) is 4.57. The van der Waals surface area contributed by atoms with E-state index in [0.717, 1.165) is 26.2 Å². The van der Waals surface area contributed by atoms with Crippen LogP contribution in [0.2, 0.25) is 0 Å². The highest BCUT2D eigenvalue weighted by atomic mass is 32.2. The highest BCUT2D eigenvalue weighted by molar-refractivity contribution is 7.89. The Kier molecular flexibility index (Phi) is 5.58. The van der Waals surface area contributed by atoms with Crippen LogP contribution in [0, 0.1) is 6.92 Å². The molecule has 0 aliphatic carbocycles. The van der Waals surface area contributed by atoms with E-state index in [0.29, 0.717) is 6.54 Å². The SMILES string of the molecule is Cc1ccc(CNC(=O)CN(C)S(=O)(=O)c2ccc3ccccc3c2)cc1. The van der Waals surface area contributed by atoms with Crippen LogP contribution in [-0.2, 0) is 21.4 Å². The summed E-state index contributed by atoms with van der Waals surface area (Å²) in [6.45, 7) is 2.12. The summed E-state index contributed by atoms with van der Waals surface area (Å²) < 4.78 is 26.6. The summed E-state index contributed by atoms with van der Waals surface area (Å²) in [7, 11) is -2.33. The maximum absolute atomic E-state index is 12.8. The lowest BCUT2D eigenvalue weighted by molar-refractivity contribution is -0.121. The van der Waals surface area contributed by atoms with Crippen molar-refractivity contribution in [1.29, 1.82) is 0 Å². The topological polar surface area (TPSA) is 66.5 Å². The summed E-state index contributed by atoms with van der Waals surface area (Å²) in [4.78, 5) is 12.3. The van der Waals surface area contributed by atoms with Gasteiger partial charge < -0.3 is 5.32 Å². The second kappa shape index (κ2) is 7.90. The van der Waals surface area contributed by atoms with Gasteiger partial charge in [-0.3, -0.25) is 4.79 Å². The first kappa shape index (κ1) is 19.1. The molecule has 0 heterocycles. The lowest BCUT2D eigenvalue weighted by Crippen LogP contribution is -2.38. The fraction of sp³-hybridized carbons (Fsp3) is 0.190.